The highest BCUT2D eigenvalue weighted by atomic mass is 32.2. The summed E-state index contributed by atoms with van der Waals surface area (Å²) in [6.45, 7) is 0.222. The van der Waals surface area contributed by atoms with Gasteiger partial charge in [-0.2, -0.15) is 0 Å². The van der Waals surface area contributed by atoms with Crippen molar-refractivity contribution < 1.29 is 14.6 Å². The summed E-state index contributed by atoms with van der Waals surface area (Å²) in [4.78, 5) is 1.05. The summed E-state index contributed by atoms with van der Waals surface area (Å²) in [7, 11) is 3.29. The molecule has 0 aliphatic carbocycles. The molecule has 0 aromatic heterocycles. The predicted octanol–water partition coefficient (Wildman–Crippen LogP) is 2.18. The fourth-order valence-corrected chi connectivity index (χ4v) is 2.13. The molecule has 0 radical (unpaired) electrons. The van der Waals surface area contributed by atoms with Gasteiger partial charge in [0.1, 0.15) is 11.5 Å². The summed E-state index contributed by atoms with van der Waals surface area (Å²) in [6.07, 6.45) is 0.783. The molecule has 0 amide bonds. The van der Waals surface area contributed by atoms with Crippen molar-refractivity contribution in [2.75, 3.05) is 26.6 Å². The third-order valence-electron chi connectivity index (χ3n) is 1.93. The third kappa shape index (κ3) is 3.64. The van der Waals surface area contributed by atoms with Crippen LogP contribution in [0.5, 0.6) is 11.5 Å². The highest BCUT2D eigenvalue weighted by molar-refractivity contribution is 7.99. The fraction of sp³-hybridized carbons (Fsp3) is 0.455. The van der Waals surface area contributed by atoms with Gasteiger partial charge in [-0.1, -0.05) is 0 Å². The van der Waals surface area contributed by atoms with Crippen molar-refractivity contribution in [3.63, 3.8) is 0 Å². The molecule has 0 spiro atoms. The van der Waals surface area contributed by atoms with Gasteiger partial charge in [0, 0.05) is 12.4 Å². The van der Waals surface area contributed by atoms with Crippen molar-refractivity contribution in [1.82, 2.24) is 0 Å². The van der Waals surface area contributed by atoms with E-state index in [1.54, 1.807) is 26.0 Å². The number of thioether (sulfide) groups is 1. The van der Waals surface area contributed by atoms with Crippen LogP contribution in [0.3, 0.4) is 0 Å². The van der Waals surface area contributed by atoms with Crippen LogP contribution >= 0.6 is 11.8 Å². The van der Waals surface area contributed by atoms with E-state index in [0.29, 0.717) is 0 Å². The Hall–Kier alpha value is -0.870. The van der Waals surface area contributed by atoms with Gasteiger partial charge in [0.2, 0.25) is 0 Å². The Labute approximate surface area is 94.4 Å². The zero-order valence-electron chi connectivity index (χ0n) is 9.03. The SMILES string of the molecule is COc1ccc(OC)c(SCCCO)c1. The summed E-state index contributed by atoms with van der Waals surface area (Å²) in [6, 6.07) is 5.70. The average molecular weight is 228 g/mol. The lowest BCUT2D eigenvalue weighted by Gasteiger charge is -2.09. The average Bonchev–Trinajstić information content (AvgIpc) is 2.29. The Balaban J connectivity index is 2.72. The molecule has 0 unspecified atom stereocenters. The molecule has 1 N–H and O–H groups in total. The highest BCUT2D eigenvalue weighted by Gasteiger charge is 2.04. The first-order chi connectivity index (χ1) is 7.31. The van der Waals surface area contributed by atoms with E-state index in [9.17, 15) is 0 Å². The minimum absolute atomic E-state index is 0.222. The Morgan fingerprint density at radius 2 is 2.07 bits per heavy atom. The zero-order chi connectivity index (χ0) is 11.1. The quantitative estimate of drug-likeness (QED) is 0.598. The molecule has 0 saturated carbocycles. The second kappa shape index (κ2) is 6.58. The molecule has 1 aromatic rings. The summed E-state index contributed by atoms with van der Waals surface area (Å²) in [5.41, 5.74) is 0. The van der Waals surface area contributed by atoms with Gasteiger partial charge in [0.25, 0.3) is 0 Å². The molecule has 0 fully saturated rings. The summed E-state index contributed by atoms with van der Waals surface area (Å²) in [5, 5.41) is 8.70. The van der Waals surface area contributed by atoms with Crippen molar-refractivity contribution in [3.05, 3.63) is 18.2 Å². The van der Waals surface area contributed by atoms with Gasteiger partial charge in [-0.15, -0.1) is 11.8 Å². The molecule has 4 heteroatoms. The molecule has 0 bridgehead atoms. The van der Waals surface area contributed by atoms with E-state index in [1.165, 1.54) is 0 Å². The molecule has 1 aromatic carbocycles. The Bertz CT molecular complexity index is 302. The van der Waals surface area contributed by atoms with Gasteiger partial charge in [-0.3, -0.25) is 0 Å². The zero-order valence-corrected chi connectivity index (χ0v) is 9.84. The van der Waals surface area contributed by atoms with Crippen LogP contribution in [0.2, 0.25) is 0 Å². The van der Waals surface area contributed by atoms with Gasteiger partial charge in [0.15, 0.2) is 0 Å². The highest BCUT2D eigenvalue weighted by Crippen LogP contribution is 2.32. The van der Waals surface area contributed by atoms with Crippen molar-refractivity contribution in [2.45, 2.75) is 11.3 Å². The van der Waals surface area contributed by atoms with Crippen molar-refractivity contribution in [2.24, 2.45) is 0 Å². The monoisotopic (exact) mass is 228 g/mol. The standard InChI is InChI=1S/C11H16O3S/c1-13-9-4-5-10(14-2)11(8-9)15-7-3-6-12/h4-5,8,12H,3,6-7H2,1-2H3. The number of hydrogen-bond acceptors (Lipinski definition) is 4. The van der Waals surface area contributed by atoms with Crippen LogP contribution in [-0.2, 0) is 0 Å². The predicted molar refractivity (Wildman–Crippen MR) is 62.0 cm³/mol. The molecule has 0 heterocycles. The maximum Gasteiger partial charge on any atom is 0.132 e. The van der Waals surface area contributed by atoms with Gasteiger partial charge < -0.3 is 14.6 Å². The van der Waals surface area contributed by atoms with Crippen LogP contribution in [0.4, 0.5) is 0 Å². The number of ether oxygens (including phenoxy) is 2. The number of aliphatic hydroxyl groups excluding tert-OH is 1. The third-order valence-corrected chi connectivity index (χ3v) is 3.05. The number of benzene rings is 1. The van der Waals surface area contributed by atoms with E-state index < -0.39 is 0 Å². The van der Waals surface area contributed by atoms with E-state index in [1.807, 2.05) is 18.2 Å². The van der Waals surface area contributed by atoms with Crippen LogP contribution in [0.15, 0.2) is 23.1 Å². The Kier molecular flexibility index (Phi) is 5.36. The van der Waals surface area contributed by atoms with E-state index in [-0.39, 0.29) is 6.61 Å². The molecule has 0 saturated heterocycles. The summed E-state index contributed by atoms with van der Waals surface area (Å²) in [5.74, 6) is 2.54. The lowest BCUT2D eigenvalue weighted by Crippen LogP contribution is -1.91. The van der Waals surface area contributed by atoms with Gasteiger partial charge in [-0.25, -0.2) is 0 Å². The van der Waals surface area contributed by atoms with Gasteiger partial charge in [-0.05, 0) is 24.6 Å². The first-order valence-corrected chi connectivity index (χ1v) is 5.76. The number of aliphatic hydroxyl groups is 1. The summed E-state index contributed by atoms with van der Waals surface area (Å²) < 4.78 is 10.4. The second-order valence-corrected chi connectivity index (χ2v) is 4.08. The minimum atomic E-state index is 0.222. The van der Waals surface area contributed by atoms with Crippen molar-refractivity contribution in [3.8, 4) is 11.5 Å². The van der Waals surface area contributed by atoms with Crippen molar-refractivity contribution >= 4 is 11.8 Å². The topological polar surface area (TPSA) is 38.7 Å². The molecule has 1 rings (SSSR count). The first-order valence-electron chi connectivity index (χ1n) is 4.77. The normalized spacial score (nSPS) is 10.1. The van der Waals surface area contributed by atoms with Crippen LogP contribution in [0.1, 0.15) is 6.42 Å². The van der Waals surface area contributed by atoms with Crippen LogP contribution < -0.4 is 9.47 Å². The van der Waals surface area contributed by atoms with Crippen molar-refractivity contribution in [1.29, 1.82) is 0 Å². The smallest absolute Gasteiger partial charge is 0.132 e. The van der Waals surface area contributed by atoms with Gasteiger partial charge >= 0.3 is 0 Å². The number of methoxy groups -OCH3 is 2. The molecular formula is C11H16O3S. The number of hydrogen-bond donors (Lipinski definition) is 1. The van der Waals surface area contributed by atoms with E-state index in [0.717, 1.165) is 28.6 Å². The number of rotatable bonds is 6. The second-order valence-electron chi connectivity index (χ2n) is 2.94. The molecule has 84 valence electrons. The van der Waals surface area contributed by atoms with E-state index >= 15 is 0 Å². The maximum atomic E-state index is 8.70. The molecule has 3 nitrogen and oxygen atoms in total. The molecular weight excluding hydrogens is 212 g/mol. The lowest BCUT2D eigenvalue weighted by atomic mass is 10.3. The molecule has 15 heavy (non-hydrogen) atoms. The van der Waals surface area contributed by atoms with Crippen LogP contribution in [0, 0.1) is 0 Å². The largest absolute Gasteiger partial charge is 0.497 e. The molecule has 0 aliphatic heterocycles. The van der Waals surface area contributed by atoms with Gasteiger partial charge in [0.05, 0.1) is 19.1 Å². The summed E-state index contributed by atoms with van der Waals surface area (Å²) >= 11 is 1.66. The van der Waals surface area contributed by atoms with Crippen LogP contribution in [0.25, 0.3) is 0 Å². The molecule has 0 aliphatic rings. The van der Waals surface area contributed by atoms with Crippen LogP contribution in [-0.4, -0.2) is 31.7 Å². The Morgan fingerprint density at radius 1 is 1.27 bits per heavy atom. The minimum Gasteiger partial charge on any atom is -0.497 e. The van der Waals surface area contributed by atoms with E-state index in [2.05, 4.69) is 0 Å². The Morgan fingerprint density at radius 3 is 2.67 bits per heavy atom. The molecule has 0 atom stereocenters. The fourth-order valence-electron chi connectivity index (χ4n) is 1.14. The first kappa shape index (κ1) is 12.2. The maximum absolute atomic E-state index is 8.70. The lowest BCUT2D eigenvalue weighted by molar-refractivity contribution is 0.296. The van der Waals surface area contributed by atoms with E-state index in [4.69, 9.17) is 14.6 Å².